The Kier molecular flexibility index (Phi) is 1.98. The highest BCUT2D eigenvalue weighted by Gasteiger charge is 2.00. The highest BCUT2D eigenvalue weighted by molar-refractivity contribution is 5.86. The van der Waals surface area contributed by atoms with E-state index in [9.17, 15) is 4.79 Å². The van der Waals surface area contributed by atoms with Crippen molar-refractivity contribution in [3.05, 3.63) is 36.2 Å². The Morgan fingerprint density at radius 1 is 1.50 bits per heavy atom. The minimum Gasteiger partial charge on any atom is -0.478 e. The summed E-state index contributed by atoms with van der Waals surface area (Å²) in [4.78, 5) is 10.3. The van der Waals surface area contributed by atoms with Crippen LogP contribution in [0.2, 0.25) is 0 Å². The number of hydrogen-bond acceptors (Lipinski definition) is 3. The first-order chi connectivity index (χ1) is 6.77. The standard InChI is InChI=1S/C9H7N3O2/c13-9(14)5-4-7-8-3-1-2-6-12(8)11-10-7/h1-6H,(H,13,14)/b5-4-. The van der Waals surface area contributed by atoms with E-state index in [4.69, 9.17) is 5.11 Å². The molecule has 0 radical (unpaired) electrons. The van der Waals surface area contributed by atoms with Crippen molar-refractivity contribution in [1.29, 1.82) is 0 Å². The van der Waals surface area contributed by atoms with Crippen LogP contribution in [0, 0.1) is 0 Å². The van der Waals surface area contributed by atoms with Crippen molar-refractivity contribution in [3.63, 3.8) is 0 Å². The van der Waals surface area contributed by atoms with Gasteiger partial charge in [0.1, 0.15) is 5.69 Å². The zero-order valence-electron chi connectivity index (χ0n) is 7.16. The molecule has 2 heterocycles. The lowest BCUT2D eigenvalue weighted by molar-refractivity contribution is -0.131. The van der Waals surface area contributed by atoms with Crippen LogP contribution in [-0.4, -0.2) is 25.9 Å². The van der Waals surface area contributed by atoms with Crippen molar-refractivity contribution in [2.24, 2.45) is 0 Å². The fraction of sp³-hybridized carbons (Fsp3) is 0. The Bertz CT molecular complexity index is 501. The Morgan fingerprint density at radius 2 is 2.36 bits per heavy atom. The third-order valence-electron chi connectivity index (χ3n) is 1.73. The average molecular weight is 189 g/mol. The van der Waals surface area contributed by atoms with Gasteiger partial charge in [-0.05, 0) is 18.2 Å². The smallest absolute Gasteiger partial charge is 0.328 e. The number of pyridine rings is 1. The molecule has 0 amide bonds. The SMILES string of the molecule is O=C(O)/C=C\c1nnn2ccccc12. The van der Waals surface area contributed by atoms with E-state index < -0.39 is 5.97 Å². The largest absolute Gasteiger partial charge is 0.478 e. The quantitative estimate of drug-likeness (QED) is 0.710. The van der Waals surface area contributed by atoms with Gasteiger partial charge in [-0.3, -0.25) is 0 Å². The van der Waals surface area contributed by atoms with Gasteiger partial charge in [-0.1, -0.05) is 11.3 Å². The van der Waals surface area contributed by atoms with Crippen LogP contribution in [0.25, 0.3) is 11.6 Å². The summed E-state index contributed by atoms with van der Waals surface area (Å²) in [5, 5.41) is 16.1. The van der Waals surface area contributed by atoms with Gasteiger partial charge < -0.3 is 5.11 Å². The van der Waals surface area contributed by atoms with Crippen LogP contribution in [0.4, 0.5) is 0 Å². The van der Waals surface area contributed by atoms with Crippen LogP contribution in [0.3, 0.4) is 0 Å². The molecule has 2 aromatic rings. The van der Waals surface area contributed by atoms with Gasteiger partial charge in [-0.15, -0.1) is 5.10 Å². The van der Waals surface area contributed by atoms with E-state index in [0.717, 1.165) is 11.6 Å². The van der Waals surface area contributed by atoms with E-state index in [1.54, 1.807) is 10.7 Å². The maximum Gasteiger partial charge on any atom is 0.328 e. The first-order valence-electron chi connectivity index (χ1n) is 3.98. The van der Waals surface area contributed by atoms with E-state index in [1.807, 2.05) is 18.2 Å². The molecule has 1 N–H and O–H groups in total. The van der Waals surface area contributed by atoms with Gasteiger partial charge in [0, 0.05) is 12.3 Å². The topological polar surface area (TPSA) is 67.5 Å². The van der Waals surface area contributed by atoms with Gasteiger partial charge in [0.2, 0.25) is 0 Å². The second-order valence-electron chi connectivity index (χ2n) is 2.68. The molecule has 0 atom stereocenters. The van der Waals surface area contributed by atoms with Gasteiger partial charge in [-0.25, -0.2) is 9.31 Å². The van der Waals surface area contributed by atoms with Gasteiger partial charge >= 0.3 is 5.97 Å². The Labute approximate surface area is 79.3 Å². The van der Waals surface area contributed by atoms with Crippen LogP contribution in [0.1, 0.15) is 5.69 Å². The lowest BCUT2D eigenvalue weighted by atomic mass is 10.3. The van der Waals surface area contributed by atoms with Crippen molar-refractivity contribution >= 4 is 17.6 Å². The first-order valence-corrected chi connectivity index (χ1v) is 3.98. The predicted octanol–water partition coefficient (Wildman–Crippen LogP) is 0.827. The number of carbonyl (C=O) groups is 1. The number of carboxylic acids is 1. The third kappa shape index (κ3) is 1.47. The number of nitrogens with zero attached hydrogens (tertiary/aromatic N) is 3. The van der Waals surface area contributed by atoms with Crippen molar-refractivity contribution in [1.82, 2.24) is 14.8 Å². The Hall–Kier alpha value is -2.17. The molecule has 0 spiro atoms. The fourth-order valence-corrected chi connectivity index (χ4v) is 1.13. The summed E-state index contributed by atoms with van der Waals surface area (Å²) in [6.45, 7) is 0. The summed E-state index contributed by atoms with van der Waals surface area (Å²) < 4.78 is 1.58. The zero-order chi connectivity index (χ0) is 9.97. The second kappa shape index (κ2) is 3.29. The van der Waals surface area contributed by atoms with Gasteiger partial charge in [-0.2, -0.15) is 0 Å². The molecule has 14 heavy (non-hydrogen) atoms. The molecule has 0 aromatic carbocycles. The van der Waals surface area contributed by atoms with E-state index in [2.05, 4.69) is 10.3 Å². The summed E-state index contributed by atoms with van der Waals surface area (Å²) >= 11 is 0. The monoisotopic (exact) mass is 189 g/mol. The van der Waals surface area contributed by atoms with Crippen LogP contribution in [0.15, 0.2) is 30.5 Å². The molecule has 0 unspecified atom stereocenters. The molecule has 0 aliphatic rings. The van der Waals surface area contributed by atoms with Gasteiger partial charge in [0.05, 0.1) is 5.52 Å². The number of carboxylic acid groups (broad SMARTS) is 1. The molecule has 5 nitrogen and oxygen atoms in total. The van der Waals surface area contributed by atoms with Gasteiger partial charge in [0.25, 0.3) is 0 Å². The van der Waals surface area contributed by atoms with Crippen molar-refractivity contribution in [2.75, 3.05) is 0 Å². The molecule has 0 aliphatic carbocycles. The molecule has 0 saturated carbocycles. The maximum atomic E-state index is 10.3. The van der Waals surface area contributed by atoms with E-state index in [1.165, 1.54) is 6.08 Å². The number of aliphatic carboxylic acids is 1. The molecule has 2 aromatic heterocycles. The molecule has 2 rings (SSSR count). The van der Waals surface area contributed by atoms with Crippen molar-refractivity contribution in [3.8, 4) is 0 Å². The second-order valence-corrected chi connectivity index (χ2v) is 2.68. The molecular formula is C9H7N3O2. The lowest BCUT2D eigenvalue weighted by Crippen LogP contribution is -1.86. The molecule has 70 valence electrons. The Balaban J connectivity index is 2.48. The third-order valence-corrected chi connectivity index (χ3v) is 1.73. The number of aromatic nitrogens is 3. The molecule has 0 aliphatic heterocycles. The molecule has 5 heteroatoms. The summed E-state index contributed by atoms with van der Waals surface area (Å²) in [5.74, 6) is -0.998. The molecular weight excluding hydrogens is 182 g/mol. The number of fused-ring (bicyclic) bond motifs is 1. The van der Waals surface area contributed by atoms with Crippen LogP contribution in [0.5, 0.6) is 0 Å². The van der Waals surface area contributed by atoms with Gasteiger partial charge in [0.15, 0.2) is 0 Å². The molecule has 0 saturated heterocycles. The van der Waals surface area contributed by atoms with Crippen molar-refractivity contribution < 1.29 is 9.90 Å². The summed E-state index contributed by atoms with van der Waals surface area (Å²) in [6, 6.07) is 5.49. The Morgan fingerprint density at radius 3 is 3.14 bits per heavy atom. The highest BCUT2D eigenvalue weighted by Crippen LogP contribution is 2.07. The average Bonchev–Trinajstić information content (AvgIpc) is 2.58. The first kappa shape index (κ1) is 8.43. The fourth-order valence-electron chi connectivity index (χ4n) is 1.13. The maximum absolute atomic E-state index is 10.3. The summed E-state index contributed by atoms with van der Waals surface area (Å²) in [7, 11) is 0. The highest BCUT2D eigenvalue weighted by atomic mass is 16.4. The van der Waals surface area contributed by atoms with E-state index >= 15 is 0 Å². The number of rotatable bonds is 2. The lowest BCUT2D eigenvalue weighted by Gasteiger charge is -1.88. The van der Waals surface area contributed by atoms with E-state index in [0.29, 0.717) is 5.69 Å². The summed E-state index contributed by atoms with van der Waals surface area (Å²) in [5.41, 5.74) is 1.33. The minimum absolute atomic E-state index is 0.549. The normalized spacial score (nSPS) is 11.1. The number of hydrogen-bond donors (Lipinski definition) is 1. The van der Waals surface area contributed by atoms with Crippen LogP contribution >= 0.6 is 0 Å². The van der Waals surface area contributed by atoms with E-state index in [-0.39, 0.29) is 0 Å². The molecule has 0 bridgehead atoms. The predicted molar refractivity (Wildman–Crippen MR) is 49.7 cm³/mol. The van der Waals surface area contributed by atoms with Crippen LogP contribution < -0.4 is 0 Å². The van der Waals surface area contributed by atoms with Crippen LogP contribution in [-0.2, 0) is 4.79 Å². The molecule has 0 fully saturated rings. The summed E-state index contributed by atoms with van der Waals surface area (Å²) in [6.07, 6.45) is 4.21. The van der Waals surface area contributed by atoms with Crippen molar-refractivity contribution in [2.45, 2.75) is 0 Å². The minimum atomic E-state index is -0.998. The zero-order valence-corrected chi connectivity index (χ0v) is 7.16.